The van der Waals surface area contributed by atoms with Crippen molar-refractivity contribution in [1.82, 2.24) is 4.98 Å². The summed E-state index contributed by atoms with van der Waals surface area (Å²) < 4.78 is 35.1. The lowest BCUT2D eigenvalue weighted by Crippen LogP contribution is -2.26. The number of carbonyl (C=O) groups is 1. The van der Waals surface area contributed by atoms with Gasteiger partial charge in [-0.25, -0.2) is 13.8 Å². The number of halogens is 2. The van der Waals surface area contributed by atoms with Gasteiger partial charge in [-0.1, -0.05) is 24.3 Å². The van der Waals surface area contributed by atoms with Gasteiger partial charge in [0, 0.05) is 16.5 Å². The van der Waals surface area contributed by atoms with Gasteiger partial charge in [-0.2, -0.15) is 5.26 Å². The van der Waals surface area contributed by atoms with E-state index in [1.54, 1.807) is 12.1 Å². The quantitative estimate of drug-likeness (QED) is 0.342. The standard InChI is InChI=1S/C27H21F2N3O3/c1-3-35-24-7-5-4-6-18(24)16-8-10-19(22(29)12-16)25-21(14-30)26(31-15(2)27(33)34)20-13-17(28)9-11-23(20)32-25/h4-13,15H,3H2,1-2H3,(H,31,32)(H,33,34)/t15-/m1/s1. The molecular formula is C27H21F2N3O3. The van der Waals surface area contributed by atoms with Gasteiger partial charge in [0.05, 0.1) is 23.5 Å². The Balaban J connectivity index is 1.91. The number of nitrogens with one attached hydrogen (secondary N) is 1. The van der Waals surface area contributed by atoms with Crippen LogP contribution in [0.5, 0.6) is 5.75 Å². The Bertz CT molecular complexity index is 1480. The molecule has 8 heteroatoms. The Morgan fingerprint density at radius 3 is 2.60 bits per heavy atom. The van der Waals surface area contributed by atoms with E-state index in [1.165, 1.54) is 31.2 Å². The fourth-order valence-electron chi connectivity index (χ4n) is 3.83. The number of aromatic nitrogens is 1. The number of ether oxygens (including phenoxy) is 1. The molecule has 4 aromatic rings. The topological polar surface area (TPSA) is 95.2 Å². The number of fused-ring (bicyclic) bond motifs is 1. The Labute approximate surface area is 200 Å². The number of nitriles is 1. The number of benzene rings is 3. The van der Waals surface area contributed by atoms with Crippen molar-refractivity contribution in [2.24, 2.45) is 0 Å². The van der Waals surface area contributed by atoms with Crippen molar-refractivity contribution >= 4 is 22.6 Å². The fourth-order valence-corrected chi connectivity index (χ4v) is 3.83. The van der Waals surface area contributed by atoms with Crippen molar-refractivity contribution in [2.45, 2.75) is 19.9 Å². The van der Waals surface area contributed by atoms with Gasteiger partial charge in [-0.3, -0.25) is 4.79 Å². The van der Waals surface area contributed by atoms with E-state index in [0.29, 0.717) is 23.5 Å². The first-order chi connectivity index (χ1) is 16.8. The molecule has 0 radical (unpaired) electrons. The van der Waals surface area contributed by atoms with Crippen molar-refractivity contribution < 1.29 is 23.4 Å². The summed E-state index contributed by atoms with van der Waals surface area (Å²) in [5.41, 5.74) is 1.63. The molecule has 0 amide bonds. The van der Waals surface area contributed by atoms with Gasteiger partial charge >= 0.3 is 5.97 Å². The molecule has 0 aliphatic heterocycles. The van der Waals surface area contributed by atoms with E-state index in [0.717, 1.165) is 6.07 Å². The monoisotopic (exact) mass is 473 g/mol. The normalized spacial score (nSPS) is 11.6. The van der Waals surface area contributed by atoms with E-state index in [-0.39, 0.29) is 33.4 Å². The molecule has 176 valence electrons. The molecule has 2 N–H and O–H groups in total. The van der Waals surface area contributed by atoms with Crippen molar-refractivity contribution in [3.8, 4) is 34.2 Å². The number of carboxylic acids is 1. The van der Waals surface area contributed by atoms with Gasteiger partial charge in [-0.15, -0.1) is 0 Å². The van der Waals surface area contributed by atoms with Gasteiger partial charge in [0.15, 0.2) is 0 Å². The molecule has 0 aliphatic carbocycles. The van der Waals surface area contributed by atoms with E-state index >= 15 is 4.39 Å². The van der Waals surface area contributed by atoms with Gasteiger partial charge < -0.3 is 15.2 Å². The molecule has 0 fully saturated rings. The first-order valence-electron chi connectivity index (χ1n) is 10.9. The van der Waals surface area contributed by atoms with Crippen LogP contribution in [0.15, 0.2) is 60.7 Å². The molecule has 1 heterocycles. The lowest BCUT2D eigenvalue weighted by molar-refractivity contribution is -0.137. The number of rotatable bonds is 7. The number of anilines is 1. The summed E-state index contributed by atoms with van der Waals surface area (Å²) in [6.45, 7) is 3.70. The first kappa shape index (κ1) is 23.6. The Hall–Kier alpha value is -4.51. The number of pyridine rings is 1. The highest BCUT2D eigenvalue weighted by atomic mass is 19.1. The largest absolute Gasteiger partial charge is 0.493 e. The summed E-state index contributed by atoms with van der Waals surface area (Å²) in [6, 6.07) is 16.5. The van der Waals surface area contributed by atoms with Crippen LogP contribution in [-0.4, -0.2) is 28.7 Å². The average molecular weight is 473 g/mol. The average Bonchev–Trinajstić information content (AvgIpc) is 2.84. The molecule has 0 unspecified atom stereocenters. The van der Waals surface area contributed by atoms with E-state index in [1.807, 2.05) is 31.2 Å². The van der Waals surface area contributed by atoms with Crippen LogP contribution in [0, 0.1) is 23.0 Å². The molecule has 6 nitrogen and oxygen atoms in total. The maximum absolute atomic E-state index is 15.5. The molecule has 4 rings (SSSR count). The molecule has 0 saturated carbocycles. The molecule has 3 aromatic carbocycles. The zero-order valence-corrected chi connectivity index (χ0v) is 19.0. The summed E-state index contributed by atoms with van der Waals surface area (Å²) >= 11 is 0. The highest BCUT2D eigenvalue weighted by molar-refractivity contribution is 5.99. The molecule has 0 spiro atoms. The van der Waals surface area contributed by atoms with Crippen LogP contribution in [0.1, 0.15) is 19.4 Å². The van der Waals surface area contributed by atoms with Crippen molar-refractivity contribution in [3.63, 3.8) is 0 Å². The van der Waals surface area contributed by atoms with Crippen LogP contribution in [0.3, 0.4) is 0 Å². The molecule has 1 atom stereocenters. The van der Waals surface area contributed by atoms with E-state index < -0.39 is 23.6 Å². The summed E-state index contributed by atoms with van der Waals surface area (Å²) in [5, 5.41) is 22.3. The number of nitrogens with zero attached hydrogens (tertiary/aromatic N) is 2. The second-order valence-corrected chi connectivity index (χ2v) is 7.81. The number of aliphatic carboxylic acids is 1. The minimum atomic E-state index is -1.17. The third-order valence-electron chi connectivity index (χ3n) is 5.51. The molecular weight excluding hydrogens is 452 g/mol. The molecule has 35 heavy (non-hydrogen) atoms. The molecule has 0 bridgehead atoms. The first-order valence-corrected chi connectivity index (χ1v) is 10.9. The summed E-state index contributed by atoms with van der Waals surface area (Å²) in [7, 11) is 0. The highest BCUT2D eigenvalue weighted by Gasteiger charge is 2.22. The maximum atomic E-state index is 15.5. The van der Waals surface area contributed by atoms with Crippen LogP contribution in [0.25, 0.3) is 33.3 Å². The second-order valence-electron chi connectivity index (χ2n) is 7.81. The van der Waals surface area contributed by atoms with Gasteiger partial charge in [0.2, 0.25) is 0 Å². The summed E-state index contributed by atoms with van der Waals surface area (Å²) in [5.74, 6) is -1.76. The molecule has 0 saturated heterocycles. The Morgan fingerprint density at radius 2 is 1.91 bits per heavy atom. The number of carboxylic acid groups (broad SMARTS) is 1. The van der Waals surface area contributed by atoms with Gasteiger partial charge in [0.25, 0.3) is 0 Å². The predicted octanol–water partition coefficient (Wildman–Crippen LogP) is 6.00. The van der Waals surface area contributed by atoms with Crippen molar-refractivity contribution in [3.05, 3.63) is 77.9 Å². The minimum Gasteiger partial charge on any atom is -0.493 e. The Morgan fingerprint density at radius 1 is 1.14 bits per heavy atom. The van der Waals surface area contributed by atoms with Crippen LogP contribution >= 0.6 is 0 Å². The smallest absolute Gasteiger partial charge is 0.325 e. The SMILES string of the molecule is CCOc1ccccc1-c1ccc(-c2nc3ccc(F)cc3c(N[C@H](C)C(=O)O)c2C#N)c(F)c1. The van der Waals surface area contributed by atoms with Crippen molar-refractivity contribution in [2.75, 3.05) is 11.9 Å². The van der Waals surface area contributed by atoms with E-state index in [4.69, 9.17) is 4.74 Å². The number of hydrogen-bond acceptors (Lipinski definition) is 5. The summed E-state index contributed by atoms with van der Waals surface area (Å²) in [6.07, 6.45) is 0. The van der Waals surface area contributed by atoms with Crippen molar-refractivity contribution in [1.29, 1.82) is 5.26 Å². The predicted molar refractivity (Wildman–Crippen MR) is 129 cm³/mol. The fraction of sp³-hybridized carbons (Fsp3) is 0.148. The van der Waals surface area contributed by atoms with Gasteiger partial charge in [-0.05, 0) is 55.8 Å². The zero-order valence-electron chi connectivity index (χ0n) is 19.0. The number of hydrogen-bond donors (Lipinski definition) is 2. The van der Waals surface area contributed by atoms with Crippen LogP contribution in [-0.2, 0) is 4.79 Å². The lowest BCUT2D eigenvalue weighted by Gasteiger charge is -2.18. The van der Waals surface area contributed by atoms with Crippen LogP contribution in [0.2, 0.25) is 0 Å². The molecule has 1 aromatic heterocycles. The Kier molecular flexibility index (Phi) is 6.60. The highest BCUT2D eigenvalue weighted by Crippen LogP contribution is 2.37. The van der Waals surface area contributed by atoms with E-state index in [9.17, 15) is 19.6 Å². The maximum Gasteiger partial charge on any atom is 0.325 e. The van der Waals surface area contributed by atoms with Crippen LogP contribution in [0.4, 0.5) is 14.5 Å². The van der Waals surface area contributed by atoms with Crippen LogP contribution < -0.4 is 10.1 Å². The van der Waals surface area contributed by atoms with Gasteiger partial charge in [0.1, 0.15) is 35.1 Å². The summed E-state index contributed by atoms with van der Waals surface area (Å²) in [4.78, 5) is 15.9. The third-order valence-corrected chi connectivity index (χ3v) is 5.51. The number of para-hydroxylation sites is 1. The second kappa shape index (κ2) is 9.77. The lowest BCUT2D eigenvalue weighted by atomic mass is 9.97. The third kappa shape index (κ3) is 4.62. The van der Waals surface area contributed by atoms with E-state index in [2.05, 4.69) is 10.3 Å². The zero-order chi connectivity index (χ0) is 25.1. The minimum absolute atomic E-state index is 0.0221. The molecule has 0 aliphatic rings.